The number of aromatic amines is 1. The third-order valence-electron chi connectivity index (χ3n) is 4.99. The number of hydrogen-bond acceptors (Lipinski definition) is 4. The molecule has 0 saturated heterocycles. The summed E-state index contributed by atoms with van der Waals surface area (Å²) < 4.78 is 0. The summed E-state index contributed by atoms with van der Waals surface area (Å²) in [6, 6.07) is 8.18. The first-order chi connectivity index (χ1) is 12.3. The minimum Gasteiger partial charge on any atom is -0.321 e. The Balaban J connectivity index is 1.41. The van der Waals surface area contributed by atoms with Gasteiger partial charge >= 0.3 is 0 Å². The van der Waals surface area contributed by atoms with E-state index in [-0.39, 0.29) is 5.91 Å². The van der Waals surface area contributed by atoms with Crippen LogP contribution in [0.1, 0.15) is 53.0 Å². The van der Waals surface area contributed by atoms with Gasteiger partial charge in [-0.3, -0.25) is 9.89 Å². The summed E-state index contributed by atoms with van der Waals surface area (Å²) in [5, 5.41) is 14.3. The average molecular weight is 356 g/mol. The topological polar surface area (TPSA) is 69.8 Å². The fraction of sp³-hybridized carbons (Fsp3) is 0.474. The van der Waals surface area contributed by atoms with E-state index in [2.05, 4.69) is 33.0 Å². The smallest absolute Gasteiger partial charge is 0.276 e. The summed E-state index contributed by atoms with van der Waals surface area (Å²) >= 11 is 2.04. The second kappa shape index (κ2) is 7.62. The quantitative estimate of drug-likeness (QED) is 0.767. The molecule has 25 heavy (non-hydrogen) atoms. The van der Waals surface area contributed by atoms with Crippen LogP contribution in [0.3, 0.4) is 0 Å². The molecular weight excluding hydrogens is 332 g/mol. The zero-order valence-electron chi connectivity index (χ0n) is 14.3. The van der Waals surface area contributed by atoms with Gasteiger partial charge in [0.25, 0.3) is 5.91 Å². The van der Waals surface area contributed by atoms with E-state index in [9.17, 15) is 4.79 Å². The Hall–Kier alpha value is -1.79. The van der Waals surface area contributed by atoms with Crippen LogP contribution in [0, 0.1) is 0 Å². The van der Waals surface area contributed by atoms with Crippen molar-refractivity contribution in [3.05, 3.63) is 46.8 Å². The van der Waals surface area contributed by atoms with Gasteiger partial charge in [-0.25, -0.2) is 0 Å². The van der Waals surface area contributed by atoms with Crippen LogP contribution in [-0.2, 0) is 18.7 Å². The number of anilines is 1. The number of aromatic nitrogens is 2. The lowest BCUT2D eigenvalue weighted by Gasteiger charge is -2.13. The first-order valence-corrected chi connectivity index (χ1v) is 10.1. The summed E-state index contributed by atoms with van der Waals surface area (Å²) in [7, 11) is 0. The molecule has 3 N–H and O–H groups in total. The summed E-state index contributed by atoms with van der Waals surface area (Å²) in [5.41, 5.74) is 4.69. The van der Waals surface area contributed by atoms with Crippen molar-refractivity contribution in [2.45, 2.75) is 49.7 Å². The highest BCUT2D eigenvalue weighted by Gasteiger charge is 2.21. The van der Waals surface area contributed by atoms with Crippen LogP contribution in [0.5, 0.6) is 0 Å². The van der Waals surface area contributed by atoms with Crippen molar-refractivity contribution in [2.75, 3.05) is 11.9 Å². The molecule has 1 aromatic heterocycles. The van der Waals surface area contributed by atoms with Gasteiger partial charge in [-0.05, 0) is 30.5 Å². The first-order valence-electron chi connectivity index (χ1n) is 9.08. The highest BCUT2D eigenvalue weighted by Crippen LogP contribution is 2.32. The molecule has 0 radical (unpaired) electrons. The highest BCUT2D eigenvalue weighted by atomic mass is 32.2. The third-order valence-corrected chi connectivity index (χ3v) is 6.44. The third kappa shape index (κ3) is 3.90. The van der Waals surface area contributed by atoms with E-state index >= 15 is 0 Å². The average Bonchev–Trinajstić information content (AvgIpc) is 3.30. The molecule has 1 aromatic carbocycles. The SMILES string of the molecule is O=C(Nc1cccc(CSC2CCCC2)c1)c1n[nH]c2c1CNCC2. The van der Waals surface area contributed by atoms with Gasteiger partial charge < -0.3 is 10.6 Å². The molecule has 2 aromatic rings. The normalized spacial score (nSPS) is 17.4. The Labute approximate surface area is 152 Å². The molecule has 2 heterocycles. The van der Waals surface area contributed by atoms with Gasteiger partial charge in [-0.15, -0.1) is 0 Å². The second-order valence-corrected chi connectivity index (χ2v) is 8.12. The Morgan fingerprint density at radius 3 is 3.08 bits per heavy atom. The second-order valence-electron chi connectivity index (χ2n) is 6.83. The van der Waals surface area contributed by atoms with Crippen LogP contribution in [0.15, 0.2) is 24.3 Å². The van der Waals surface area contributed by atoms with Crippen LogP contribution in [0.4, 0.5) is 5.69 Å². The molecule has 0 atom stereocenters. The maximum atomic E-state index is 12.6. The number of carbonyl (C=O) groups is 1. The molecule has 0 unspecified atom stereocenters. The van der Waals surface area contributed by atoms with Crippen molar-refractivity contribution in [3.8, 4) is 0 Å². The van der Waals surface area contributed by atoms with Crippen LogP contribution < -0.4 is 10.6 Å². The number of amides is 1. The van der Waals surface area contributed by atoms with Gasteiger partial charge in [0, 0.05) is 47.5 Å². The molecule has 1 aliphatic carbocycles. The standard InChI is InChI=1S/C19H24N4OS/c24-19(18-16-11-20-9-8-17(16)22-23-18)21-14-5-3-4-13(10-14)12-25-15-6-1-2-7-15/h3-5,10,15,20H,1-2,6-9,11-12H2,(H,21,24)(H,22,23). The number of nitrogens with zero attached hydrogens (tertiary/aromatic N) is 1. The lowest BCUT2D eigenvalue weighted by Crippen LogP contribution is -2.25. The first kappa shape index (κ1) is 16.7. The Kier molecular flexibility index (Phi) is 5.08. The number of carbonyl (C=O) groups excluding carboxylic acids is 1. The molecule has 1 aliphatic heterocycles. The molecule has 0 spiro atoms. The predicted molar refractivity (Wildman–Crippen MR) is 102 cm³/mol. The van der Waals surface area contributed by atoms with Crippen molar-refractivity contribution < 1.29 is 4.79 Å². The van der Waals surface area contributed by atoms with Gasteiger partial charge in [0.15, 0.2) is 5.69 Å². The van der Waals surface area contributed by atoms with Crippen molar-refractivity contribution in [1.29, 1.82) is 0 Å². The van der Waals surface area contributed by atoms with E-state index in [1.54, 1.807) is 0 Å². The number of thioether (sulfide) groups is 1. The molecule has 6 heteroatoms. The van der Waals surface area contributed by atoms with Gasteiger partial charge in [0.1, 0.15) is 0 Å². The fourth-order valence-electron chi connectivity index (χ4n) is 3.61. The van der Waals surface area contributed by atoms with Gasteiger partial charge in [-0.1, -0.05) is 25.0 Å². The number of H-pyrrole nitrogens is 1. The zero-order valence-corrected chi connectivity index (χ0v) is 15.1. The van der Waals surface area contributed by atoms with E-state index in [1.807, 2.05) is 23.9 Å². The number of rotatable bonds is 5. The Morgan fingerprint density at radius 1 is 1.32 bits per heavy atom. The minimum atomic E-state index is -0.137. The van der Waals surface area contributed by atoms with Gasteiger partial charge in [0.2, 0.25) is 0 Å². The minimum absolute atomic E-state index is 0.137. The maximum absolute atomic E-state index is 12.6. The molecule has 0 bridgehead atoms. The summed E-state index contributed by atoms with van der Waals surface area (Å²) in [5.74, 6) is 0.873. The van der Waals surface area contributed by atoms with E-state index in [1.165, 1.54) is 31.2 Å². The molecule has 4 rings (SSSR count). The van der Waals surface area contributed by atoms with Crippen molar-refractivity contribution in [2.24, 2.45) is 0 Å². The van der Waals surface area contributed by atoms with Gasteiger partial charge in [0.05, 0.1) is 0 Å². The maximum Gasteiger partial charge on any atom is 0.276 e. The lowest BCUT2D eigenvalue weighted by molar-refractivity contribution is 0.102. The van der Waals surface area contributed by atoms with Crippen molar-refractivity contribution in [3.63, 3.8) is 0 Å². The molecule has 1 fully saturated rings. The monoisotopic (exact) mass is 356 g/mol. The number of benzene rings is 1. The van der Waals surface area contributed by atoms with Gasteiger partial charge in [-0.2, -0.15) is 16.9 Å². The van der Waals surface area contributed by atoms with Crippen LogP contribution in [0.25, 0.3) is 0 Å². The molecule has 5 nitrogen and oxygen atoms in total. The molecule has 1 saturated carbocycles. The number of hydrogen-bond donors (Lipinski definition) is 3. The molecular formula is C19H24N4OS. The molecule has 132 valence electrons. The molecule has 1 amide bonds. The van der Waals surface area contributed by atoms with Crippen LogP contribution >= 0.6 is 11.8 Å². The number of nitrogens with one attached hydrogen (secondary N) is 3. The number of fused-ring (bicyclic) bond motifs is 1. The van der Waals surface area contributed by atoms with E-state index in [0.717, 1.165) is 40.9 Å². The van der Waals surface area contributed by atoms with Crippen molar-refractivity contribution >= 4 is 23.4 Å². The summed E-state index contributed by atoms with van der Waals surface area (Å²) in [4.78, 5) is 12.6. The fourth-order valence-corrected chi connectivity index (χ4v) is 4.89. The summed E-state index contributed by atoms with van der Waals surface area (Å²) in [6.07, 6.45) is 6.33. The predicted octanol–water partition coefficient (Wildman–Crippen LogP) is 3.48. The van der Waals surface area contributed by atoms with Crippen molar-refractivity contribution in [1.82, 2.24) is 15.5 Å². The largest absolute Gasteiger partial charge is 0.321 e. The Bertz CT molecular complexity index is 752. The molecule has 2 aliphatic rings. The van der Waals surface area contributed by atoms with E-state index in [0.29, 0.717) is 12.2 Å². The van der Waals surface area contributed by atoms with E-state index < -0.39 is 0 Å². The lowest BCUT2D eigenvalue weighted by atomic mass is 10.1. The highest BCUT2D eigenvalue weighted by molar-refractivity contribution is 7.99. The van der Waals surface area contributed by atoms with Crippen LogP contribution in [0.2, 0.25) is 0 Å². The summed E-state index contributed by atoms with van der Waals surface area (Å²) in [6.45, 7) is 1.63. The van der Waals surface area contributed by atoms with E-state index in [4.69, 9.17) is 0 Å². The zero-order chi connectivity index (χ0) is 17.1. The Morgan fingerprint density at radius 2 is 2.20 bits per heavy atom. The van der Waals surface area contributed by atoms with Crippen LogP contribution in [-0.4, -0.2) is 27.9 Å².